The van der Waals surface area contributed by atoms with Crippen molar-refractivity contribution in [2.24, 2.45) is 0 Å². The number of halogens is 3. The second-order valence-electron chi connectivity index (χ2n) is 4.26. The van der Waals surface area contributed by atoms with E-state index in [1.54, 1.807) is 0 Å². The van der Waals surface area contributed by atoms with E-state index in [0.29, 0.717) is 5.69 Å². The Balaban J connectivity index is 2.22. The molecule has 5 nitrogen and oxygen atoms in total. The van der Waals surface area contributed by atoms with E-state index in [1.165, 1.54) is 17.1 Å². The van der Waals surface area contributed by atoms with Crippen LogP contribution in [0.2, 0.25) is 0 Å². The normalized spacial score (nSPS) is 15.8. The van der Waals surface area contributed by atoms with Gasteiger partial charge in [-0.05, 0) is 24.3 Å². The predicted octanol–water partition coefficient (Wildman–Crippen LogP) is 1.74. The molecule has 1 aromatic carbocycles. The number of carboxylic acid groups (broad SMARTS) is 1. The third-order valence-corrected chi connectivity index (χ3v) is 2.89. The third kappa shape index (κ3) is 2.84. The first kappa shape index (κ1) is 14.2. The number of hydrazine groups is 1. The lowest BCUT2D eigenvalue weighted by atomic mass is 10.2. The lowest BCUT2D eigenvalue weighted by molar-refractivity contribution is -0.143. The van der Waals surface area contributed by atoms with Crippen LogP contribution in [-0.2, 0) is 15.8 Å². The Hall–Kier alpha value is -2.25. The molecule has 0 unspecified atom stereocenters. The average Bonchev–Trinajstić information content (AvgIpc) is 2.70. The number of benzene rings is 1. The SMILES string of the molecule is O=C(O)CN1C(=O)CCN1c1ccc(C(F)(F)F)cc1. The molecule has 0 aromatic heterocycles. The van der Waals surface area contributed by atoms with Gasteiger partial charge >= 0.3 is 12.1 Å². The number of carbonyl (C=O) groups is 2. The van der Waals surface area contributed by atoms with E-state index < -0.39 is 24.3 Å². The Morgan fingerprint density at radius 3 is 2.35 bits per heavy atom. The zero-order chi connectivity index (χ0) is 14.9. The van der Waals surface area contributed by atoms with Gasteiger partial charge in [-0.1, -0.05) is 0 Å². The van der Waals surface area contributed by atoms with Crippen LogP contribution in [0.1, 0.15) is 12.0 Å². The fourth-order valence-electron chi connectivity index (χ4n) is 1.98. The van der Waals surface area contributed by atoms with Gasteiger partial charge < -0.3 is 5.11 Å². The third-order valence-electron chi connectivity index (χ3n) is 2.89. The predicted molar refractivity (Wildman–Crippen MR) is 62.8 cm³/mol. The molecule has 8 heteroatoms. The molecule has 1 aliphatic rings. The molecule has 0 radical (unpaired) electrons. The van der Waals surface area contributed by atoms with Gasteiger partial charge in [0.25, 0.3) is 0 Å². The number of aliphatic carboxylic acids is 1. The van der Waals surface area contributed by atoms with Crippen LogP contribution >= 0.6 is 0 Å². The number of carbonyl (C=O) groups excluding carboxylic acids is 1. The largest absolute Gasteiger partial charge is 0.480 e. The standard InChI is InChI=1S/C12H11F3N2O3/c13-12(14,15)8-1-3-9(4-2-8)16-6-5-10(18)17(16)7-11(19)20/h1-4H,5-7H2,(H,19,20). The number of anilines is 1. The molecule has 0 spiro atoms. The summed E-state index contributed by atoms with van der Waals surface area (Å²) >= 11 is 0. The fourth-order valence-corrected chi connectivity index (χ4v) is 1.98. The summed E-state index contributed by atoms with van der Waals surface area (Å²) < 4.78 is 37.4. The Morgan fingerprint density at radius 1 is 1.25 bits per heavy atom. The zero-order valence-electron chi connectivity index (χ0n) is 10.2. The second kappa shape index (κ2) is 5.03. The summed E-state index contributed by atoms with van der Waals surface area (Å²) in [4.78, 5) is 22.3. The van der Waals surface area contributed by atoms with Gasteiger partial charge in [0.15, 0.2) is 0 Å². The maximum Gasteiger partial charge on any atom is 0.416 e. The van der Waals surface area contributed by atoms with E-state index in [2.05, 4.69) is 0 Å². The molecule has 0 bridgehead atoms. The van der Waals surface area contributed by atoms with Crippen molar-refractivity contribution in [3.05, 3.63) is 29.8 Å². The van der Waals surface area contributed by atoms with Gasteiger partial charge in [-0.25, -0.2) is 5.01 Å². The molecule has 1 heterocycles. The van der Waals surface area contributed by atoms with Gasteiger partial charge in [0.2, 0.25) is 5.91 Å². The first-order valence-corrected chi connectivity index (χ1v) is 5.76. The zero-order valence-corrected chi connectivity index (χ0v) is 10.2. The van der Waals surface area contributed by atoms with Gasteiger partial charge in [-0.2, -0.15) is 13.2 Å². The molecule has 20 heavy (non-hydrogen) atoms. The second-order valence-corrected chi connectivity index (χ2v) is 4.26. The molecular weight excluding hydrogens is 277 g/mol. The van der Waals surface area contributed by atoms with Gasteiger partial charge in [0.1, 0.15) is 6.54 Å². The minimum Gasteiger partial charge on any atom is -0.480 e. The van der Waals surface area contributed by atoms with Crippen LogP contribution in [0.3, 0.4) is 0 Å². The first-order valence-electron chi connectivity index (χ1n) is 5.76. The number of rotatable bonds is 3. The van der Waals surface area contributed by atoms with Crippen LogP contribution in [0, 0.1) is 0 Å². The number of hydrogen-bond acceptors (Lipinski definition) is 3. The van der Waals surface area contributed by atoms with Crippen molar-refractivity contribution in [2.75, 3.05) is 18.1 Å². The van der Waals surface area contributed by atoms with E-state index in [0.717, 1.165) is 17.1 Å². The topological polar surface area (TPSA) is 60.9 Å². The van der Waals surface area contributed by atoms with Gasteiger partial charge in [-0.3, -0.25) is 14.6 Å². The van der Waals surface area contributed by atoms with Crippen molar-refractivity contribution in [1.82, 2.24) is 5.01 Å². The molecule has 1 aromatic rings. The minimum absolute atomic E-state index is 0.133. The van der Waals surface area contributed by atoms with E-state index in [4.69, 9.17) is 5.11 Å². The molecular formula is C12H11F3N2O3. The molecule has 0 atom stereocenters. The Morgan fingerprint density at radius 2 is 1.85 bits per heavy atom. The fraction of sp³-hybridized carbons (Fsp3) is 0.333. The smallest absolute Gasteiger partial charge is 0.416 e. The summed E-state index contributed by atoms with van der Waals surface area (Å²) in [7, 11) is 0. The van der Waals surface area contributed by atoms with Crippen molar-refractivity contribution in [3.63, 3.8) is 0 Å². The van der Waals surface area contributed by atoms with Gasteiger partial charge in [0.05, 0.1) is 11.3 Å². The number of carboxylic acids is 1. The van der Waals surface area contributed by atoms with Gasteiger partial charge in [-0.15, -0.1) is 0 Å². The summed E-state index contributed by atoms with van der Waals surface area (Å²) in [5.41, 5.74) is -0.443. The van der Waals surface area contributed by atoms with Crippen molar-refractivity contribution >= 4 is 17.6 Å². The summed E-state index contributed by atoms with van der Waals surface area (Å²) in [6.45, 7) is -0.267. The Bertz CT molecular complexity index is 528. The highest BCUT2D eigenvalue weighted by Gasteiger charge is 2.33. The monoisotopic (exact) mass is 288 g/mol. The lowest BCUT2D eigenvalue weighted by Crippen LogP contribution is -2.42. The van der Waals surface area contributed by atoms with Crippen LogP contribution in [0.15, 0.2) is 24.3 Å². The molecule has 1 N–H and O–H groups in total. The minimum atomic E-state index is -4.43. The summed E-state index contributed by atoms with van der Waals surface area (Å²) in [5, 5.41) is 11.1. The van der Waals surface area contributed by atoms with Crippen molar-refractivity contribution in [3.8, 4) is 0 Å². The highest BCUT2D eigenvalue weighted by Crippen LogP contribution is 2.31. The molecule has 1 amide bonds. The van der Waals surface area contributed by atoms with E-state index in [1.807, 2.05) is 0 Å². The Labute approximate surface area is 112 Å². The summed E-state index contributed by atoms with van der Waals surface area (Å²) in [6.07, 6.45) is -4.30. The van der Waals surface area contributed by atoms with Crippen LogP contribution in [0.25, 0.3) is 0 Å². The van der Waals surface area contributed by atoms with E-state index >= 15 is 0 Å². The molecule has 1 fully saturated rings. The first-order chi connectivity index (χ1) is 9.29. The number of hydrogen-bond donors (Lipinski definition) is 1. The molecule has 108 valence electrons. The van der Waals surface area contributed by atoms with Crippen LogP contribution in [0.4, 0.5) is 18.9 Å². The Kier molecular flexibility index (Phi) is 3.56. The molecule has 0 aliphatic carbocycles. The highest BCUT2D eigenvalue weighted by molar-refractivity contribution is 5.85. The summed E-state index contributed by atoms with van der Waals surface area (Å²) in [6, 6.07) is 4.24. The molecule has 0 saturated carbocycles. The maximum atomic E-state index is 12.5. The van der Waals surface area contributed by atoms with E-state index in [-0.39, 0.29) is 18.9 Å². The van der Waals surface area contributed by atoms with Gasteiger partial charge in [0, 0.05) is 13.0 Å². The summed E-state index contributed by atoms with van der Waals surface area (Å²) in [5.74, 6) is -1.55. The van der Waals surface area contributed by atoms with Crippen molar-refractivity contribution in [1.29, 1.82) is 0 Å². The van der Waals surface area contributed by atoms with Crippen molar-refractivity contribution < 1.29 is 27.9 Å². The van der Waals surface area contributed by atoms with Crippen molar-refractivity contribution in [2.45, 2.75) is 12.6 Å². The number of nitrogens with zero attached hydrogens (tertiary/aromatic N) is 2. The lowest BCUT2D eigenvalue weighted by Gasteiger charge is -2.28. The van der Waals surface area contributed by atoms with E-state index in [9.17, 15) is 22.8 Å². The van der Waals surface area contributed by atoms with Crippen LogP contribution in [-0.4, -0.2) is 35.1 Å². The maximum absolute atomic E-state index is 12.5. The number of amides is 1. The molecule has 1 saturated heterocycles. The number of alkyl halides is 3. The highest BCUT2D eigenvalue weighted by atomic mass is 19.4. The van der Waals surface area contributed by atoms with Crippen LogP contribution < -0.4 is 5.01 Å². The quantitative estimate of drug-likeness (QED) is 0.920. The average molecular weight is 288 g/mol. The van der Waals surface area contributed by atoms with Crippen LogP contribution in [0.5, 0.6) is 0 Å². The molecule has 2 rings (SSSR count). The molecule has 1 aliphatic heterocycles.